The molecule has 1 aromatic rings. The largest absolute Gasteiger partial charge is 0.496 e. The molecule has 0 saturated heterocycles. The molecule has 3 nitrogen and oxygen atoms in total. The fourth-order valence-corrected chi connectivity index (χ4v) is 2.33. The fraction of sp³-hybridized carbons (Fsp3) is 0.625. The van der Waals surface area contributed by atoms with Crippen LogP contribution >= 0.6 is 0 Å². The minimum Gasteiger partial charge on any atom is -0.496 e. The molecule has 1 aliphatic rings. The van der Waals surface area contributed by atoms with Crippen LogP contribution in [0.5, 0.6) is 5.75 Å². The highest BCUT2D eigenvalue weighted by Gasteiger charge is 2.41. The summed E-state index contributed by atoms with van der Waals surface area (Å²) in [6.07, 6.45) is 2.28. The SMILES string of the molecule is COc1ccc(C(C)C)cc1CNCC1(CO)CC1. The van der Waals surface area contributed by atoms with Gasteiger partial charge in [0.25, 0.3) is 0 Å². The van der Waals surface area contributed by atoms with Gasteiger partial charge in [0.15, 0.2) is 0 Å². The molecule has 1 aromatic carbocycles. The van der Waals surface area contributed by atoms with Gasteiger partial charge in [-0.15, -0.1) is 0 Å². The Morgan fingerprint density at radius 2 is 2.11 bits per heavy atom. The highest BCUT2D eigenvalue weighted by atomic mass is 16.5. The molecular weight excluding hydrogens is 238 g/mol. The predicted octanol–water partition coefficient (Wildman–Crippen LogP) is 2.68. The minimum atomic E-state index is 0.156. The summed E-state index contributed by atoms with van der Waals surface area (Å²) in [6, 6.07) is 6.39. The van der Waals surface area contributed by atoms with E-state index in [1.165, 1.54) is 11.1 Å². The van der Waals surface area contributed by atoms with Crippen molar-refractivity contribution >= 4 is 0 Å². The third-order valence-corrected chi connectivity index (χ3v) is 4.08. The molecule has 0 heterocycles. The van der Waals surface area contributed by atoms with Crippen molar-refractivity contribution in [1.29, 1.82) is 0 Å². The summed E-state index contributed by atoms with van der Waals surface area (Å²) in [5.41, 5.74) is 2.69. The molecule has 0 radical (unpaired) electrons. The Kier molecular flexibility index (Phi) is 4.48. The van der Waals surface area contributed by atoms with Crippen LogP contribution in [0.25, 0.3) is 0 Å². The summed E-state index contributed by atoms with van der Waals surface area (Å²) in [4.78, 5) is 0. The van der Waals surface area contributed by atoms with E-state index in [0.29, 0.717) is 12.5 Å². The molecule has 0 spiro atoms. The number of methoxy groups -OCH3 is 1. The van der Waals surface area contributed by atoms with E-state index in [1.807, 2.05) is 6.07 Å². The summed E-state index contributed by atoms with van der Waals surface area (Å²) in [6.45, 7) is 6.38. The molecule has 0 aromatic heterocycles. The van der Waals surface area contributed by atoms with Crippen molar-refractivity contribution in [3.8, 4) is 5.75 Å². The maximum atomic E-state index is 9.31. The molecule has 1 saturated carbocycles. The molecule has 2 N–H and O–H groups in total. The standard InChI is InChI=1S/C16H25NO2/c1-12(2)13-4-5-15(19-3)14(8-13)9-17-10-16(11-18)6-7-16/h4-5,8,12,17-18H,6-7,9-11H2,1-3H3. The second-order valence-electron chi connectivity index (χ2n) is 5.99. The third-order valence-electron chi connectivity index (χ3n) is 4.08. The lowest BCUT2D eigenvalue weighted by atomic mass is 10.00. The van der Waals surface area contributed by atoms with Gasteiger partial charge < -0.3 is 15.2 Å². The van der Waals surface area contributed by atoms with Crippen LogP contribution in [-0.4, -0.2) is 25.4 Å². The van der Waals surface area contributed by atoms with Crippen LogP contribution in [0.15, 0.2) is 18.2 Å². The van der Waals surface area contributed by atoms with Crippen LogP contribution in [0, 0.1) is 5.41 Å². The number of hydrogen-bond acceptors (Lipinski definition) is 3. The van der Waals surface area contributed by atoms with Gasteiger partial charge >= 0.3 is 0 Å². The van der Waals surface area contributed by atoms with Gasteiger partial charge in [-0.2, -0.15) is 0 Å². The van der Waals surface area contributed by atoms with Gasteiger partial charge in [-0.25, -0.2) is 0 Å². The minimum absolute atomic E-state index is 0.156. The number of benzene rings is 1. The normalized spacial score (nSPS) is 16.7. The van der Waals surface area contributed by atoms with E-state index in [-0.39, 0.29) is 5.41 Å². The monoisotopic (exact) mass is 263 g/mol. The van der Waals surface area contributed by atoms with Crippen LogP contribution in [0.2, 0.25) is 0 Å². The second-order valence-corrected chi connectivity index (χ2v) is 5.99. The van der Waals surface area contributed by atoms with Crippen LogP contribution in [-0.2, 0) is 6.54 Å². The Morgan fingerprint density at radius 1 is 1.37 bits per heavy atom. The van der Waals surface area contributed by atoms with Crippen molar-refractivity contribution in [2.75, 3.05) is 20.3 Å². The molecule has 3 heteroatoms. The molecular formula is C16H25NO2. The number of ether oxygens (including phenoxy) is 1. The van der Waals surface area contributed by atoms with Crippen LogP contribution in [0.3, 0.4) is 0 Å². The smallest absolute Gasteiger partial charge is 0.123 e. The van der Waals surface area contributed by atoms with Gasteiger partial charge in [-0.1, -0.05) is 26.0 Å². The average Bonchev–Trinajstić information content (AvgIpc) is 3.19. The first kappa shape index (κ1) is 14.4. The van der Waals surface area contributed by atoms with E-state index in [9.17, 15) is 5.11 Å². The average molecular weight is 263 g/mol. The lowest BCUT2D eigenvalue weighted by Gasteiger charge is -2.16. The van der Waals surface area contributed by atoms with E-state index in [4.69, 9.17) is 4.74 Å². The van der Waals surface area contributed by atoms with E-state index in [0.717, 1.165) is 31.7 Å². The van der Waals surface area contributed by atoms with Crippen LogP contribution < -0.4 is 10.1 Å². The van der Waals surface area contributed by atoms with Crippen molar-refractivity contribution in [3.63, 3.8) is 0 Å². The zero-order valence-corrected chi connectivity index (χ0v) is 12.2. The van der Waals surface area contributed by atoms with Crippen LogP contribution in [0.4, 0.5) is 0 Å². The third kappa shape index (κ3) is 3.48. The molecule has 0 amide bonds. The number of hydrogen-bond donors (Lipinski definition) is 2. The first-order chi connectivity index (χ1) is 9.10. The van der Waals surface area contributed by atoms with E-state index >= 15 is 0 Å². The molecule has 0 bridgehead atoms. The Bertz CT molecular complexity index is 425. The highest BCUT2D eigenvalue weighted by Crippen LogP contribution is 2.44. The topological polar surface area (TPSA) is 41.5 Å². The Hall–Kier alpha value is -1.06. The van der Waals surface area contributed by atoms with E-state index < -0.39 is 0 Å². The fourth-order valence-electron chi connectivity index (χ4n) is 2.33. The summed E-state index contributed by atoms with van der Waals surface area (Å²) >= 11 is 0. The number of nitrogens with one attached hydrogen (secondary N) is 1. The maximum absolute atomic E-state index is 9.31. The molecule has 1 fully saturated rings. The van der Waals surface area contributed by atoms with Gasteiger partial charge in [0.05, 0.1) is 7.11 Å². The predicted molar refractivity (Wildman–Crippen MR) is 77.5 cm³/mol. The Balaban J connectivity index is 1.99. The molecule has 1 aliphatic carbocycles. The molecule has 106 valence electrons. The van der Waals surface area contributed by atoms with Crippen molar-refractivity contribution in [2.45, 2.75) is 39.2 Å². The second kappa shape index (κ2) is 5.93. The van der Waals surface area contributed by atoms with Crippen molar-refractivity contribution < 1.29 is 9.84 Å². The lowest BCUT2D eigenvalue weighted by Crippen LogP contribution is -2.26. The van der Waals surface area contributed by atoms with Crippen molar-refractivity contribution in [2.24, 2.45) is 5.41 Å². The highest BCUT2D eigenvalue weighted by molar-refractivity contribution is 5.38. The van der Waals surface area contributed by atoms with Gasteiger partial charge in [-0.05, 0) is 30.4 Å². The Labute approximate surface area is 116 Å². The number of aliphatic hydroxyl groups is 1. The zero-order chi connectivity index (χ0) is 13.9. The lowest BCUT2D eigenvalue weighted by molar-refractivity contribution is 0.207. The van der Waals surface area contributed by atoms with Crippen molar-refractivity contribution in [3.05, 3.63) is 29.3 Å². The molecule has 0 aliphatic heterocycles. The quantitative estimate of drug-likeness (QED) is 0.794. The van der Waals surface area contributed by atoms with E-state index in [2.05, 4.69) is 31.3 Å². The Morgan fingerprint density at radius 3 is 2.63 bits per heavy atom. The molecule has 2 rings (SSSR count). The van der Waals surface area contributed by atoms with Gasteiger partial charge in [0, 0.05) is 30.7 Å². The molecule has 0 unspecified atom stereocenters. The molecule has 19 heavy (non-hydrogen) atoms. The molecule has 0 atom stereocenters. The van der Waals surface area contributed by atoms with Gasteiger partial charge in [0.2, 0.25) is 0 Å². The van der Waals surface area contributed by atoms with Gasteiger partial charge in [-0.3, -0.25) is 0 Å². The summed E-state index contributed by atoms with van der Waals surface area (Å²) in [5, 5.41) is 12.8. The summed E-state index contributed by atoms with van der Waals surface area (Å²) in [5.74, 6) is 1.46. The van der Waals surface area contributed by atoms with E-state index in [1.54, 1.807) is 7.11 Å². The van der Waals surface area contributed by atoms with Crippen LogP contribution in [0.1, 0.15) is 43.7 Å². The first-order valence-electron chi connectivity index (χ1n) is 7.08. The zero-order valence-electron chi connectivity index (χ0n) is 12.2. The summed E-state index contributed by atoms with van der Waals surface area (Å²) in [7, 11) is 1.71. The number of aliphatic hydroxyl groups excluding tert-OH is 1. The van der Waals surface area contributed by atoms with Crippen molar-refractivity contribution in [1.82, 2.24) is 5.32 Å². The maximum Gasteiger partial charge on any atom is 0.123 e. The van der Waals surface area contributed by atoms with Gasteiger partial charge in [0.1, 0.15) is 5.75 Å². The first-order valence-corrected chi connectivity index (χ1v) is 7.08. The number of rotatable bonds is 7. The summed E-state index contributed by atoms with van der Waals surface area (Å²) < 4.78 is 5.42.